The summed E-state index contributed by atoms with van der Waals surface area (Å²) >= 11 is 1.42. The highest BCUT2D eigenvalue weighted by Gasteiger charge is 2.20. The van der Waals surface area contributed by atoms with Crippen LogP contribution in [0, 0.1) is 0 Å². The second-order valence-corrected chi connectivity index (χ2v) is 13.8. The van der Waals surface area contributed by atoms with Crippen molar-refractivity contribution in [3.05, 3.63) is 188 Å². The van der Waals surface area contributed by atoms with Gasteiger partial charge in [0.1, 0.15) is 10.6 Å². The summed E-state index contributed by atoms with van der Waals surface area (Å²) in [4.78, 5) is 7.25. The number of hydrogen-bond acceptors (Lipinski definition) is 5. The van der Waals surface area contributed by atoms with Crippen LogP contribution in [-0.4, -0.2) is 9.36 Å². The van der Waals surface area contributed by atoms with Gasteiger partial charge in [-0.2, -0.15) is 4.37 Å². The molecule has 0 saturated carbocycles. The summed E-state index contributed by atoms with van der Waals surface area (Å²) in [5.41, 5.74) is 11.5. The van der Waals surface area contributed by atoms with E-state index in [-0.39, 0.29) is 0 Å². The molecule has 0 amide bonds. The number of para-hydroxylation sites is 2. The molecule has 0 saturated heterocycles. The minimum Gasteiger partial charge on any atom is -0.454 e. The molecule has 0 aliphatic rings. The van der Waals surface area contributed by atoms with E-state index in [9.17, 15) is 0 Å². The maximum atomic E-state index is 6.53. The zero-order chi connectivity index (χ0) is 35.1. The zero-order valence-electron chi connectivity index (χ0n) is 28.6. The second-order valence-electron chi connectivity index (χ2n) is 13.1. The maximum absolute atomic E-state index is 6.53. The Balaban J connectivity index is 0.988. The smallest absolute Gasteiger partial charge is 0.173 e. The van der Waals surface area contributed by atoms with Crippen LogP contribution in [0.1, 0.15) is 0 Å². The Morgan fingerprint density at radius 1 is 0.434 bits per heavy atom. The Bertz CT molecular complexity index is 2870. The third-order valence-electron chi connectivity index (χ3n) is 9.90. The summed E-state index contributed by atoms with van der Waals surface area (Å²) in [7, 11) is 0. The van der Waals surface area contributed by atoms with Gasteiger partial charge in [-0.05, 0) is 93.1 Å². The van der Waals surface area contributed by atoms with Crippen molar-refractivity contribution in [1.82, 2.24) is 9.36 Å². The van der Waals surface area contributed by atoms with Crippen molar-refractivity contribution in [3.8, 4) is 44.2 Å². The highest BCUT2D eigenvalue weighted by atomic mass is 32.1. The summed E-state index contributed by atoms with van der Waals surface area (Å²) in [6.45, 7) is 0. The van der Waals surface area contributed by atoms with Gasteiger partial charge in [0.15, 0.2) is 11.4 Å². The van der Waals surface area contributed by atoms with E-state index in [1.807, 2.05) is 18.2 Å². The number of rotatable bonds is 7. The first-order chi connectivity index (χ1) is 26.3. The van der Waals surface area contributed by atoms with Gasteiger partial charge in [0.25, 0.3) is 0 Å². The van der Waals surface area contributed by atoms with Crippen LogP contribution in [0.25, 0.3) is 76.9 Å². The number of nitrogens with zero attached hydrogens (tertiary/aromatic N) is 3. The van der Waals surface area contributed by atoms with Crippen molar-refractivity contribution >= 4 is 61.3 Å². The molecule has 2 heterocycles. The highest BCUT2D eigenvalue weighted by molar-refractivity contribution is 7.09. The summed E-state index contributed by atoms with van der Waals surface area (Å²) in [6.07, 6.45) is 0. The molecule has 0 aliphatic carbocycles. The Morgan fingerprint density at radius 3 is 1.81 bits per heavy atom. The first kappa shape index (κ1) is 31.0. The predicted molar refractivity (Wildman–Crippen MR) is 221 cm³/mol. The van der Waals surface area contributed by atoms with E-state index in [2.05, 4.69) is 175 Å². The zero-order valence-corrected chi connectivity index (χ0v) is 29.4. The largest absolute Gasteiger partial charge is 0.454 e. The molecule has 8 aromatic carbocycles. The molecule has 250 valence electrons. The van der Waals surface area contributed by atoms with Crippen LogP contribution in [0.15, 0.2) is 192 Å². The molecular weight excluding hydrogens is 667 g/mol. The summed E-state index contributed by atoms with van der Waals surface area (Å²) < 4.78 is 11.3. The van der Waals surface area contributed by atoms with Gasteiger partial charge in [-0.1, -0.05) is 140 Å². The van der Waals surface area contributed by atoms with Gasteiger partial charge in [0.2, 0.25) is 0 Å². The predicted octanol–water partition coefficient (Wildman–Crippen LogP) is 13.7. The minimum absolute atomic E-state index is 0.732. The van der Waals surface area contributed by atoms with Crippen LogP contribution in [0.2, 0.25) is 0 Å². The second kappa shape index (κ2) is 13.1. The number of fused-ring (bicyclic) bond motifs is 4. The molecule has 0 radical (unpaired) electrons. The molecule has 0 atom stereocenters. The number of anilines is 3. The lowest BCUT2D eigenvalue weighted by Crippen LogP contribution is -2.10. The van der Waals surface area contributed by atoms with Crippen molar-refractivity contribution in [2.24, 2.45) is 0 Å². The van der Waals surface area contributed by atoms with Crippen molar-refractivity contribution in [2.45, 2.75) is 0 Å². The average molecular weight is 698 g/mol. The SMILES string of the molecule is c1ccc(-c2ccc(N(c3ccc(-c4nc(-c5ccc(-c6cccc7ccccc67)cc5)ns4)cc3)c3cccc4c3oc3ccccc34)cc2)cc1. The van der Waals surface area contributed by atoms with E-state index >= 15 is 0 Å². The molecule has 53 heavy (non-hydrogen) atoms. The number of hydrogen-bond donors (Lipinski definition) is 0. The van der Waals surface area contributed by atoms with Crippen molar-refractivity contribution in [3.63, 3.8) is 0 Å². The van der Waals surface area contributed by atoms with E-state index in [1.54, 1.807) is 0 Å². The van der Waals surface area contributed by atoms with Gasteiger partial charge in [-0.15, -0.1) is 0 Å². The van der Waals surface area contributed by atoms with Crippen molar-refractivity contribution < 1.29 is 4.42 Å². The fraction of sp³-hybridized carbons (Fsp3) is 0. The fourth-order valence-corrected chi connectivity index (χ4v) is 7.94. The third-order valence-corrected chi connectivity index (χ3v) is 10.7. The quantitative estimate of drug-likeness (QED) is 0.166. The monoisotopic (exact) mass is 697 g/mol. The molecule has 4 nitrogen and oxygen atoms in total. The first-order valence-corrected chi connectivity index (χ1v) is 18.4. The lowest BCUT2D eigenvalue weighted by molar-refractivity contribution is 0.669. The first-order valence-electron chi connectivity index (χ1n) is 17.7. The van der Waals surface area contributed by atoms with Crippen LogP contribution in [0.4, 0.5) is 17.1 Å². The Morgan fingerprint density at radius 2 is 1.02 bits per heavy atom. The van der Waals surface area contributed by atoms with Gasteiger partial charge < -0.3 is 9.32 Å². The van der Waals surface area contributed by atoms with E-state index in [1.165, 1.54) is 44.6 Å². The van der Waals surface area contributed by atoms with Crippen LogP contribution < -0.4 is 4.90 Å². The van der Waals surface area contributed by atoms with Crippen LogP contribution in [0.3, 0.4) is 0 Å². The van der Waals surface area contributed by atoms with E-state index in [4.69, 9.17) is 13.8 Å². The molecule has 2 aromatic heterocycles. The number of benzene rings is 8. The molecule has 0 bridgehead atoms. The minimum atomic E-state index is 0.732. The Kier molecular flexibility index (Phi) is 7.63. The standard InChI is InChI=1S/C48H31N3OS/c1-2-10-32(11-3-1)33-24-28-38(29-25-33)51(44-18-9-17-43-42-15-6-7-19-45(42)52-46(43)44)39-30-26-37(27-31-39)48-49-47(50-53-48)36-22-20-35(21-23-36)41-16-8-13-34-12-4-5-14-40(34)41/h1-31H. The average Bonchev–Trinajstić information content (AvgIpc) is 3.88. The fourth-order valence-electron chi connectivity index (χ4n) is 7.26. The van der Waals surface area contributed by atoms with E-state index < -0.39 is 0 Å². The van der Waals surface area contributed by atoms with Gasteiger partial charge in [0.05, 0.1) is 5.69 Å². The van der Waals surface area contributed by atoms with Crippen LogP contribution >= 0.6 is 11.5 Å². The molecule has 0 spiro atoms. The Hall–Kier alpha value is -6.82. The molecule has 0 unspecified atom stereocenters. The normalized spacial score (nSPS) is 11.4. The van der Waals surface area contributed by atoms with Gasteiger partial charge in [0, 0.05) is 33.3 Å². The van der Waals surface area contributed by atoms with E-state index in [0.29, 0.717) is 0 Å². The van der Waals surface area contributed by atoms with Gasteiger partial charge in [-0.3, -0.25) is 0 Å². The maximum Gasteiger partial charge on any atom is 0.173 e. The molecule has 10 aromatic rings. The molecular formula is C48H31N3OS. The lowest BCUT2D eigenvalue weighted by atomic mass is 9.97. The van der Waals surface area contributed by atoms with Crippen LogP contribution in [-0.2, 0) is 0 Å². The van der Waals surface area contributed by atoms with Gasteiger partial charge >= 0.3 is 0 Å². The number of furan rings is 1. The summed E-state index contributed by atoms with van der Waals surface area (Å²) in [5, 5.41) is 5.56. The Labute approximate surface area is 311 Å². The topological polar surface area (TPSA) is 42.2 Å². The molecule has 10 rings (SSSR count). The van der Waals surface area contributed by atoms with E-state index in [0.717, 1.165) is 61.0 Å². The lowest BCUT2D eigenvalue weighted by Gasteiger charge is -2.26. The summed E-state index contributed by atoms with van der Waals surface area (Å²) in [5.74, 6) is 0.732. The molecule has 5 heteroatoms. The summed E-state index contributed by atoms with van der Waals surface area (Å²) in [6, 6.07) is 65.9. The molecule has 0 fully saturated rings. The molecule has 0 aliphatic heterocycles. The van der Waals surface area contributed by atoms with Crippen LogP contribution in [0.5, 0.6) is 0 Å². The molecule has 0 N–H and O–H groups in total. The van der Waals surface area contributed by atoms with Crippen molar-refractivity contribution in [2.75, 3.05) is 4.90 Å². The van der Waals surface area contributed by atoms with Gasteiger partial charge in [-0.25, -0.2) is 4.98 Å². The van der Waals surface area contributed by atoms with Crippen molar-refractivity contribution in [1.29, 1.82) is 0 Å². The highest BCUT2D eigenvalue weighted by Crippen LogP contribution is 2.43. The number of aromatic nitrogens is 2. The third kappa shape index (κ3) is 5.64.